The highest BCUT2D eigenvalue weighted by molar-refractivity contribution is 5.89. The van der Waals surface area contributed by atoms with E-state index in [0.29, 0.717) is 12.2 Å². The zero-order valence-electron chi connectivity index (χ0n) is 9.86. The van der Waals surface area contributed by atoms with Crippen LogP contribution in [0.4, 0.5) is 8.78 Å². The molecule has 1 fully saturated rings. The zero-order valence-corrected chi connectivity index (χ0v) is 9.86. The number of alkyl halides is 2. The number of rotatable bonds is 3. The molecule has 1 saturated carbocycles. The van der Waals surface area contributed by atoms with E-state index in [2.05, 4.69) is 9.72 Å². The Kier molecular flexibility index (Phi) is 3.45. The van der Waals surface area contributed by atoms with Crippen molar-refractivity contribution >= 4 is 5.97 Å². The summed E-state index contributed by atoms with van der Waals surface area (Å²) in [6.07, 6.45) is 2.03. The van der Waals surface area contributed by atoms with E-state index < -0.39 is 18.0 Å². The average Bonchev–Trinajstić information content (AvgIpc) is 2.68. The van der Waals surface area contributed by atoms with E-state index in [1.807, 2.05) is 0 Å². The second-order valence-electron chi connectivity index (χ2n) is 4.24. The van der Waals surface area contributed by atoms with Crippen LogP contribution in [-0.2, 0) is 4.74 Å². The lowest BCUT2D eigenvalue weighted by Gasteiger charge is -2.13. The number of hydrogen-bond acceptors (Lipinski definition) is 4. The molecule has 1 aromatic heterocycles. The number of pyridine rings is 1. The molecule has 0 N–H and O–H groups in total. The van der Waals surface area contributed by atoms with Gasteiger partial charge in [-0.1, -0.05) is 0 Å². The third-order valence-corrected chi connectivity index (χ3v) is 2.80. The van der Waals surface area contributed by atoms with Crippen molar-refractivity contribution in [3.05, 3.63) is 24.0 Å². The lowest BCUT2D eigenvalue weighted by atomic mass is 10.2. The fourth-order valence-electron chi connectivity index (χ4n) is 1.92. The van der Waals surface area contributed by atoms with Crippen molar-refractivity contribution < 1.29 is 23.0 Å². The number of nitrogens with zero attached hydrogens (tertiary/aromatic N) is 1. The number of halogens is 2. The predicted molar refractivity (Wildman–Crippen MR) is 58.8 cm³/mol. The van der Waals surface area contributed by atoms with Gasteiger partial charge in [0.25, 0.3) is 5.92 Å². The smallest absolute Gasteiger partial charge is 0.339 e. The molecule has 1 aliphatic rings. The summed E-state index contributed by atoms with van der Waals surface area (Å²) in [6.45, 7) is 0. The van der Waals surface area contributed by atoms with E-state index in [0.717, 1.165) is 0 Å². The fraction of sp³-hybridized carbons (Fsp3) is 0.500. The zero-order chi connectivity index (χ0) is 13.2. The molecule has 1 unspecified atom stereocenters. The summed E-state index contributed by atoms with van der Waals surface area (Å²) < 4.78 is 35.9. The Morgan fingerprint density at radius 2 is 2.28 bits per heavy atom. The fourth-order valence-corrected chi connectivity index (χ4v) is 1.92. The summed E-state index contributed by atoms with van der Waals surface area (Å²) in [4.78, 5) is 15.1. The molecule has 4 nitrogen and oxygen atoms in total. The maximum atomic E-state index is 13.0. The molecular weight excluding hydrogens is 244 g/mol. The summed E-state index contributed by atoms with van der Waals surface area (Å²) in [5.41, 5.74) is 0.236. The minimum atomic E-state index is -2.65. The Morgan fingerprint density at radius 3 is 2.89 bits per heavy atom. The van der Waals surface area contributed by atoms with Gasteiger partial charge in [0.1, 0.15) is 11.9 Å². The van der Waals surface area contributed by atoms with Crippen LogP contribution in [0.25, 0.3) is 0 Å². The number of carbonyl (C=O) groups is 1. The summed E-state index contributed by atoms with van der Waals surface area (Å²) in [5.74, 6) is -2.89. The van der Waals surface area contributed by atoms with Gasteiger partial charge in [-0.25, -0.2) is 13.6 Å². The highest BCUT2D eigenvalue weighted by Crippen LogP contribution is 2.36. The molecule has 1 aliphatic carbocycles. The summed E-state index contributed by atoms with van der Waals surface area (Å²) in [7, 11) is 1.26. The van der Waals surface area contributed by atoms with Crippen LogP contribution in [0.3, 0.4) is 0 Å². The first kappa shape index (κ1) is 12.7. The topological polar surface area (TPSA) is 48.4 Å². The predicted octanol–water partition coefficient (Wildman–Crippen LogP) is 2.43. The number of carbonyl (C=O) groups excluding carboxylic acids is 1. The molecule has 1 atom stereocenters. The Balaban J connectivity index is 2.04. The molecule has 1 heterocycles. The quantitative estimate of drug-likeness (QED) is 0.780. The standard InChI is InChI=1S/C12H13F2NO3/c1-17-11(16)8-4-10(7-15-6-8)18-9-2-3-12(13,14)5-9/h4,6-7,9H,2-3,5H2,1H3. The van der Waals surface area contributed by atoms with Gasteiger partial charge >= 0.3 is 5.97 Å². The Hall–Kier alpha value is -1.72. The lowest BCUT2D eigenvalue weighted by molar-refractivity contribution is -0.00112. The van der Waals surface area contributed by atoms with E-state index >= 15 is 0 Å². The first-order valence-corrected chi connectivity index (χ1v) is 5.58. The van der Waals surface area contributed by atoms with Gasteiger partial charge < -0.3 is 9.47 Å². The van der Waals surface area contributed by atoms with E-state index in [-0.39, 0.29) is 18.4 Å². The van der Waals surface area contributed by atoms with E-state index in [9.17, 15) is 13.6 Å². The molecule has 2 rings (SSSR count). The molecule has 1 aromatic rings. The second-order valence-corrected chi connectivity index (χ2v) is 4.24. The van der Waals surface area contributed by atoms with Crippen molar-refractivity contribution in [1.29, 1.82) is 0 Å². The van der Waals surface area contributed by atoms with Gasteiger partial charge in [-0.05, 0) is 12.5 Å². The maximum Gasteiger partial charge on any atom is 0.339 e. The minimum Gasteiger partial charge on any atom is -0.489 e. The molecular formula is C12H13F2NO3. The highest BCUT2D eigenvalue weighted by atomic mass is 19.3. The first-order valence-electron chi connectivity index (χ1n) is 5.58. The van der Waals surface area contributed by atoms with Crippen molar-refractivity contribution in [2.24, 2.45) is 0 Å². The summed E-state index contributed by atoms with van der Waals surface area (Å²) in [6, 6.07) is 1.44. The molecule has 0 aromatic carbocycles. The monoisotopic (exact) mass is 257 g/mol. The normalized spacial score (nSPS) is 21.6. The van der Waals surface area contributed by atoms with Crippen LogP contribution in [-0.4, -0.2) is 30.1 Å². The molecule has 0 aliphatic heterocycles. The van der Waals surface area contributed by atoms with Crippen LogP contribution >= 0.6 is 0 Å². The first-order chi connectivity index (χ1) is 8.50. The van der Waals surface area contributed by atoms with Gasteiger partial charge in [0, 0.05) is 19.0 Å². The van der Waals surface area contributed by atoms with Gasteiger partial charge in [-0.3, -0.25) is 4.98 Å². The van der Waals surface area contributed by atoms with Gasteiger partial charge in [-0.2, -0.15) is 0 Å². The largest absolute Gasteiger partial charge is 0.489 e. The van der Waals surface area contributed by atoms with Crippen LogP contribution in [0.1, 0.15) is 29.6 Å². The van der Waals surface area contributed by atoms with Gasteiger partial charge in [0.15, 0.2) is 0 Å². The molecule has 0 saturated heterocycles. The van der Waals surface area contributed by atoms with E-state index in [1.165, 1.54) is 25.6 Å². The van der Waals surface area contributed by atoms with Crippen molar-refractivity contribution in [3.63, 3.8) is 0 Å². The minimum absolute atomic E-state index is 0.165. The van der Waals surface area contributed by atoms with Crippen LogP contribution in [0.15, 0.2) is 18.5 Å². The number of ether oxygens (including phenoxy) is 2. The number of esters is 1. The molecule has 0 bridgehead atoms. The van der Waals surface area contributed by atoms with Gasteiger partial charge in [-0.15, -0.1) is 0 Å². The average molecular weight is 257 g/mol. The molecule has 6 heteroatoms. The van der Waals surface area contributed by atoms with E-state index in [1.54, 1.807) is 0 Å². The van der Waals surface area contributed by atoms with Crippen LogP contribution in [0, 0.1) is 0 Å². The van der Waals surface area contributed by atoms with Gasteiger partial charge in [0.05, 0.1) is 18.9 Å². The summed E-state index contributed by atoms with van der Waals surface area (Å²) in [5, 5.41) is 0. The van der Waals surface area contributed by atoms with Crippen LogP contribution in [0.5, 0.6) is 5.75 Å². The molecule has 18 heavy (non-hydrogen) atoms. The molecule has 0 radical (unpaired) electrons. The van der Waals surface area contributed by atoms with Crippen LogP contribution < -0.4 is 4.74 Å². The van der Waals surface area contributed by atoms with Crippen molar-refractivity contribution in [1.82, 2.24) is 4.98 Å². The van der Waals surface area contributed by atoms with Crippen molar-refractivity contribution in [3.8, 4) is 5.75 Å². The number of hydrogen-bond donors (Lipinski definition) is 0. The summed E-state index contributed by atoms with van der Waals surface area (Å²) >= 11 is 0. The Bertz CT molecular complexity index is 451. The maximum absolute atomic E-state index is 13.0. The molecule has 98 valence electrons. The van der Waals surface area contributed by atoms with Crippen LogP contribution in [0.2, 0.25) is 0 Å². The number of aromatic nitrogens is 1. The van der Waals surface area contributed by atoms with Crippen molar-refractivity contribution in [2.75, 3.05) is 7.11 Å². The highest BCUT2D eigenvalue weighted by Gasteiger charge is 2.40. The SMILES string of the molecule is COC(=O)c1cncc(OC2CCC(F)(F)C2)c1. The van der Waals surface area contributed by atoms with E-state index in [4.69, 9.17) is 4.74 Å². The second kappa shape index (κ2) is 4.88. The molecule has 0 amide bonds. The Labute approximate surface area is 103 Å². The number of methoxy groups -OCH3 is 1. The Morgan fingerprint density at radius 1 is 1.50 bits per heavy atom. The van der Waals surface area contributed by atoms with Gasteiger partial charge in [0.2, 0.25) is 0 Å². The lowest BCUT2D eigenvalue weighted by Crippen LogP contribution is -2.17. The molecule has 0 spiro atoms. The third-order valence-electron chi connectivity index (χ3n) is 2.80. The third kappa shape index (κ3) is 2.94. The van der Waals surface area contributed by atoms with Crippen molar-refractivity contribution in [2.45, 2.75) is 31.3 Å².